The van der Waals surface area contributed by atoms with Gasteiger partial charge in [-0.3, -0.25) is 9.59 Å². The maximum atomic E-state index is 13.8. The van der Waals surface area contributed by atoms with E-state index in [4.69, 9.17) is 18.3 Å². The average Bonchev–Trinajstić information content (AvgIpc) is 3.62. The van der Waals surface area contributed by atoms with Crippen LogP contribution in [0.15, 0.2) is 79.0 Å². The molecule has 2 aliphatic heterocycles. The fourth-order valence-corrected chi connectivity index (χ4v) is 5.83. The van der Waals surface area contributed by atoms with Crippen LogP contribution in [0.25, 0.3) is 11.0 Å². The van der Waals surface area contributed by atoms with Crippen molar-refractivity contribution >= 4 is 22.7 Å². The summed E-state index contributed by atoms with van der Waals surface area (Å²) in [4.78, 5) is 41.1. The van der Waals surface area contributed by atoms with Crippen LogP contribution in [0.4, 0.5) is 0 Å². The smallest absolute Gasteiger partial charge is 0.336 e. The van der Waals surface area contributed by atoms with E-state index < -0.39 is 11.9 Å². The van der Waals surface area contributed by atoms with Gasteiger partial charge < -0.3 is 23.6 Å². The minimum absolute atomic E-state index is 0.119. The average molecular weight is 516 g/mol. The van der Waals surface area contributed by atoms with Crippen LogP contribution in [-0.4, -0.2) is 31.1 Å². The zero-order chi connectivity index (χ0) is 26.4. The molecule has 38 heavy (non-hydrogen) atoms. The van der Waals surface area contributed by atoms with Gasteiger partial charge in [0.25, 0.3) is 0 Å². The summed E-state index contributed by atoms with van der Waals surface area (Å²) < 4.78 is 22.8. The van der Waals surface area contributed by atoms with Gasteiger partial charge in [0.1, 0.15) is 18.0 Å². The van der Waals surface area contributed by atoms with Crippen molar-refractivity contribution in [3.05, 3.63) is 92.5 Å². The topological polar surface area (TPSA) is 108 Å². The largest absolute Gasteiger partial charge is 0.469 e. The Labute approximate surface area is 219 Å². The molecule has 1 fully saturated rings. The maximum absolute atomic E-state index is 13.8. The number of allylic oxidation sites excluding steroid dienone is 3. The van der Waals surface area contributed by atoms with Crippen LogP contribution in [0.1, 0.15) is 61.3 Å². The molecule has 3 atom stereocenters. The molecular weight excluding hydrogens is 486 g/mol. The third-order valence-corrected chi connectivity index (χ3v) is 7.68. The number of benzene rings is 1. The lowest BCUT2D eigenvalue weighted by atomic mass is 9.72. The monoisotopic (exact) mass is 515 g/mol. The van der Waals surface area contributed by atoms with Gasteiger partial charge in [0, 0.05) is 41.5 Å². The van der Waals surface area contributed by atoms with Crippen LogP contribution in [-0.2, 0) is 19.1 Å². The number of aryl methyl sites for hydroxylation is 1. The zero-order valence-corrected chi connectivity index (χ0v) is 21.4. The lowest BCUT2D eigenvalue weighted by molar-refractivity contribution is -0.142. The summed E-state index contributed by atoms with van der Waals surface area (Å²) >= 11 is 0. The third-order valence-electron chi connectivity index (χ3n) is 7.68. The van der Waals surface area contributed by atoms with Gasteiger partial charge in [-0.05, 0) is 57.4 Å². The van der Waals surface area contributed by atoms with Crippen LogP contribution in [0.5, 0.6) is 0 Å². The van der Waals surface area contributed by atoms with Crippen LogP contribution < -0.4 is 10.7 Å². The van der Waals surface area contributed by atoms with E-state index >= 15 is 0 Å². The van der Waals surface area contributed by atoms with Crippen molar-refractivity contribution in [2.75, 3.05) is 13.2 Å². The SMILES string of the molecule is CC1=C(C(=O)OC[C@H]2CCCO2)[C@H](c2coc3ccc(C)cc3c2=O)C2=C(C[C@H](c3ccco3)CC2=O)N1. The van der Waals surface area contributed by atoms with E-state index in [1.165, 1.54) is 6.26 Å². The first-order chi connectivity index (χ1) is 18.4. The van der Waals surface area contributed by atoms with Gasteiger partial charge in [0.2, 0.25) is 0 Å². The normalized spacial score (nSPS) is 23.5. The first kappa shape index (κ1) is 24.4. The van der Waals surface area contributed by atoms with Gasteiger partial charge in [-0.1, -0.05) is 11.6 Å². The molecular formula is C30H29NO7. The molecule has 0 saturated carbocycles. The molecule has 2 aromatic heterocycles. The molecule has 0 bridgehead atoms. The molecule has 0 unspecified atom stereocenters. The van der Waals surface area contributed by atoms with Crippen molar-refractivity contribution in [3.8, 4) is 0 Å². The number of ketones is 1. The molecule has 0 radical (unpaired) electrons. The number of nitrogens with one attached hydrogen (secondary N) is 1. The van der Waals surface area contributed by atoms with Crippen LogP contribution >= 0.6 is 0 Å². The van der Waals surface area contributed by atoms with E-state index in [-0.39, 0.29) is 47.4 Å². The van der Waals surface area contributed by atoms with E-state index in [9.17, 15) is 14.4 Å². The molecule has 0 spiro atoms. The summed E-state index contributed by atoms with van der Waals surface area (Å²) in [6, 6.07) is 9.05. The molecule has 1 N–H and O–H groups in total. The van der Waals surface area contributed by atoms with E-state index in [1.807, 2.05) is 19.1 Å². The first-order valence-corrected chi connectivity index (χ1v) is 13.0. The van der Waals surface area contributed by atoms with Crippen LogP contribution in [0, 0.1) is 6.92 Å². The van der Waals surface area contributed by atoms with Crippen molar-refractivity contribution in [2.45, 2.75) is 57.5 Å². The fraction of sp³-hybridized carbons (Fsp3) is 0.367. The Kier molecular flexibility index (Phi) is 6.27. The Balaban J connectivity index is 1.45. The Hall–Kier alpha value is -3.91. The number of rotatable bonds is 5. The second-order valence-corrected chi connectivity index (χ2v) is 10.3. The molecule has 8 heteroatoms. The van der Waals surface area contributed by atoms with Gasteiger partial charge >= 0.3 is 5.97 Å². The number of carbonyl (C=O) groups excluding carboxylic acids is 2. The molecule has 1 saturated heterocycles. The van der Waals surface area contributed by atoms with Crippen molar-refractivity contribution in [1.29, 1.82) is 0 Å². The molecule has 196 valence electrons. The highest BCUT2D eigenvalue weighted by Gasteiger charge is 2.43. The standard InChI is InChI=1S/C30H29NO7/c1-16-7-8-25-20(11-16)29(33)21(15-37-25)27-26(30(34)38-14-19-5-3-9-35-19)17(2)31-22-12-18(13-23(32)28(22)27)24-6-4-10-36-24/h4,6-8,10-11,15,18-19,27,31H,3,5,9,12-14H2,1-2H3/t18-,19+,27-/m0/s1. The van der Waals surface area contributed by atoms with Gasteiger partial charge in [-0.15, -0.1) is 0 Å². The van der Waals surface area contributed by atoms with Crippen molar-refractivity contribution in [3.63, 3.8) is 0 Å². The molecule has 8 nitrogen and oxygen atoms in total. The zero-order valence-electron chi connectivity index (χ0n) is 21.4. The highest BCUT2D eigenvalue weighted by atomic mass is 16.6. The summed E-state index contributed by atoms with van der Waals surface area (Å²) in [5, 5.41) is 3.70. The number of hydrogen-bond donors (Lipinski definition) is 1. The predicted molar refractivity (Wildman–Crippen MR) is 138 cm³/mol. The molecule has 4 heterocycles. The summed E-state index contributed by atoms with van der Waals surface area (Å²) in [7, 11) is 0. The Morgan fingerprint density at radius 1 is 1.13 bits per heavy atom. The molecule has 6 rings (SSSR count). The number of Topliss-reactive ketones (excluding diaryl/α,β-unsaturated/α-hetero) is 1. The third kappa shape index (κ3) is 4.28. The van der Waals surface area contributed by atoms with Crippen LogP contribution in [0.3, 0.4) is 0 Å². The highest BCUT2D eigenvalue weighted by Crippen LogP contribution is 2.45. The lowest BCUT2D eigenvalue weighted by Gasteiger charge is -2.35. The summed E-state index contributed by atoms with van der Waals surface area (Å²) in [5.74, 6) is -1.04. The fourth-order valence-electron chi connectivity index (χ4n) is 5.83. The molecule has 0 amide bonds. The summed E-state index contributed by atoms with van der Waals surface area (Å²) in [6.45, 7) is 4.43. The van der Waals surface area contributed by atoms with E-state index in [0.29, 0.717) is 41.0 Å². The van der Waals surface area contributed by atoms with Gasteiger partial charge in [-0.2, -0.15) is 0 Å². The molecule has 1 aromatic carbocycles. The number of carbonyl (C=O) groups is 2. The summed E-state index contributed by atoms with van der Waals surface area (Å²) in [6.07, 6.45) is 5.29. The predicted octanol–water partition coefficient (Wildman–Crippen LogP) is 4.78. The number of ether oxygens (including phenoxy) is 2. The van der Waals surface area contributed by atoms with Gasteiger partial charge in [-0.25, -0.2) is 4.79 Å². The van der Waals surface area contributed by atoms with Gasteiger partial charge in [0.15, 0.2) is 11.2 Å². The number of dihydropyridines is 1. The Bertz CT molecular complexity index is 1540. The second-order valence-electron chi connectivity index (χ2n) is 10.3. The van der Waals surface area contributed by atoms with E-state index in [0.717, 1.165) is 24.2 Å². The van der Waals surface area contributed by atoms with E-state index in [2.05, 4.69) is 5.32 Å². The second kappa shape index (κ2) is 9.76. The molecule has 3 aliphatic rings. The van der Waals surface area contributed by atoms with Crippen molar-refractivity contribution < 1.29 is 27.9 Å². The minimum atomic E-state index is -0.908. The van der Waals surface area contributed by atoms with Crippen molar-refractivity contribution in [1.82, 2.24) is 5.32 Å². The van der Waals surface area contributed by atoms with Crippen LogP contribution in [0.2, 0.25) is 0 Å². The first-order valence-electron chi connectivity index (χ1n) is 13.0. The Morgan fingerprint density at radius 3 is 2.76 bits per heavy atom. The highest BCUT2D eigenvalue weighted by molar-refractivity contribution is 6.04. The Morgan fingerprint density at radius 2 is 2.00 bits per heavy atom. The number of esters is 1. The molecule has 1 aliphatic carbocycles. The van der Waals surface area contributed by atoms with E-state index in [1.54, 1.807) is 31.4 Å². The number of hydrogen-bond acceptors (Lipinski definition) is 8. The number of fused-ring (bicyclic) bond motifs is 1. The number of furan rings is 1. The quantitative estimate of drug-likeness (QED) is 0.484. The molecule has 3 aromatic rings. The van der Waals surface area contributed by atoms with Crippen molar-refractivity contribution in [2.24, 2.45) is 0 Å². The lowest BCUT2D eigenvalue weighted by Crippen LogP contribution is -2.37. The maximum Gasteiger partial charge on any atom is 0.336 e. The van der Waals surface area contributed by atoms with Gasteiger partial charge in [0.05, 0.1) is 35.5 Å². The minimum Gasteiger partial charge on any atom is -0.469 e. The summed E-state index contributed by atoms with van der Waals surface area (Å²) in [5.41, 5.74) is 3.20.